The molecule has 0 radical (unpaired) electrons. The predicted octanol–water partition coefficient (Wildman–Crippen LogP) is 17.8. The van der Waals surface area contributed by atoms with Gasteiger partial charge in [0, 0.05) is 19.3 Å². The normalized spacial score (nSPS) is 12.6. The minimum absolute atomic E-state index is 0.0855. The molecule has 0 aromatic carbocycles. The van der Waals surface area contributed by atoms with Crippen LogP contribution in [0.25, 0.3) is 0 Å². The summed E-state index contributed by atoms with van der Waals surface area (Å²) >= 11 is 0. The molecule has 6 heteroatoms. The summed E-state index contributed by atoms with van der Waals surface area (Å²) in [4.78, 5) is 38.0. The largest absolute Gasteiger partial charge is 0.462 e. The van der Waals surface area contributed by atoms with Crippen LogP contribution in [0, 0.1) is 0 Å². The van der Waals surface area contributed by atoms with Crippen LogP contribution in [0.3, 0.4) is 0 Å². The molecule has 0 saturated heterocycles. The van der Waals surface area contributed by atoms with Crippen LogP contribution < -0.4 is 0 Å². The van der Waals surface area contributed by atoms with E-state index in [1.165, 1.54) is 103 Å². The van der Waals surface area contributed by atoms with Crippen molar-refractivity contribution < 1.29 is 28.6 Å². The molecule has 368 valence electrons. The average Bonchev–Trinajstić information content (AvgIpc) is 3.29. The van der Waals surface area contributed by atoms with E-state index in [0.717, 1.165) is 116 Å². The van der Waals surface area contributed by atoms with Gasteiger partial charge in [-0.05, 0) is 103 Å². The van der Waals surface area contributed by atoms with Crippen molar-refractivity contribution in [1.29, 1.82) is 0 Å². The molecule has 0 rings (SSSR count). The molecule has 0 heterocycles. The first-order valence-corrected chi connectivity index (χ1v) is 26.9. The SMILES string of the molecule is CC/C=C\C/C=C\C/C=C\C/C=C\CCCCCCCCCCC(=O)OCC(COC(=O)CCCCCCC/C=C\CCC)OC(=O)CCCCCCC/C=C\CCCCCCCC. The van der Waals surface area contributed by atoms with Gasteiger partial charge in [0.15, 0.2) is 6.10 Å². The summed E-state index contributed by atoms with van der Waals surface area (Å²) in [5.74, 6) is -0.909. The third-order valence-electron chi connectivity index (χ3n) is 11.4. The van der Waals surface area contributed by atoms with Gasteiger partial charge in [0.1, 0.15) is 13.2 Å². The first-order chi connectivity index (χ1) is 31.5. The summed E-state index contributed by atoms with van der Waals surface area (Å²) < 4.78 is 16.8. The zero-order valence-electron chi connectivity index (χ0n) is 42.0. The van der Waals surface area contributed by atoms with Gasteiger partial charge in [0.25, 0.3) is 0 Å². The maximum absolute atomic E-state index is 12.8. The number of unbranched alkanes of at least 4 members (excludes halogenated alkanes) is 25. The molecule has 0 aromatic heterocycles. The summed E-state index contributed by atoms with van der Waals surface area (Å²) in [6, 6.07) is 0. The maximum atomic E-state index is 12.8. The highest BCUT2D eigenvalue weighted by Gasteiger charge is 2.19. The van der Waals surface area contributed by atoms with Crippen molar-refractivity contribution in [3.8, 4) is 0 Å². The Kier molecular flexibility index (Phi) is 49.9. The predicted molar refractivity (Wildman–Crippen MR) is 274 cm³/mol. The molecule has 1 unspecified atom stereocenters. The van der Waals surface area contributed by atoms with E-state index in [2.05, 4.69) is 93.7 Å². The number of carbonyl (C=O) groups excluding carboxylic acids is 3. The molecule has 0 bridgehead atoms. The van der Waals surface area contributed by atoms with Crippen molar-refractivity contribution in [2.45, 2.75) is 264 Å². The topological polar surface area (TPSA) is 78.9 Å². The van der Waals surface area contributed by atoms with Gasteiger partial charge >= 0.3 is 17.9 Å². The molecule has 0 aromatic rings. The van der Waals surface area contributed by atoms with Crippen molar-refractivity contribution in [1.82, 2.24) is 0 Å². The van der Waals surface area contributed by atoms with Crippen LogP contribution in [-0.4, -0.2) is 37.2 Å². The highest BCUT2D eigenvalue weighted by Crippen LogP contribution is 2.14. The van der Waals surface area contributed by atoms with Crippen LogP contribution in [0.15, 0.2) is 72.9 Å². The fourth-order valence-electron chi connectivity index (χ4n) is 7.37. The van der Waals surface area contributed by atoms with Crippen LogP contribution >= 0.6 is 0 Å². The van der Waals surface area contributed by atoms with E-state index in [1.54, 1.807) is 0 Å². The van der Waals surface area contributed by atoms with Gasteiger partial charge in [-0.25, -0.2) is 0 Å². The molecule has 0 aliphatic carbocycles. The third-order valence-corrected chi connectivity index (χ3v) is 11.4. The Morgan fingerprint density at radius 1 is 0.328 bits per heavy atom. The molecule has 1 atom stereocenters. The Balaban J connectivity index is 4.33. The van der Waals surface area contributed by atoms with E-state index in [0.29, 0.717) is 19.3 Å². The first-order valence-electron chi connectivity index (χ1n) is 26.9. The van der Waals surface area contributed by atoms with Gasteiger partial charge in [0.05, 0.1) is 0 Å². The second-order valence-corrected chi connectivity index (χ2v) is 17.7. The average molecular weight is 893 g/mol. The Labute approximate surface area is 395 Å². The zero-order valence-corrected chi connectivity index (χ0v) is 42.0. The lowest BCUT2D eigenvalue weighted by molar-refractivity contribution is -0.167. The summed E-state index contributed by atoms with van der Waals surface area (Å²) in [6.07, 6.45) is 66.0. The van der Waals surface area contributed by atoms with Gasteiger partial charge in [-0.3, -0.25) is 14.4 Å². The van der Waals surface area contributed by atoms with Crippen molar-refractivity contribution in [2.75, 3.05) is 13.2 Å². The fourth-order valence-corrected chi connectivity index (χ4v) is 7.37. The Morgan fingerprint density at radius 3 is 1.03 bits per heavy atom. The Bertz CT molecular complexity index is 1210. The van der Waals surface area contributed by atoms with E-state index in [4.69, 9.17) is 14.2 Å². The molecular formula is C58H100O6. The second-order valence-electron chi connectivity index (χ2n) is 17.7. The standard InChI is InChI=1S/C58H100O6/c1-4-7-10-13-16-19-22-24-26-27-28-29-30-31-33-34-36-39-42-45-48-51-57(60)63-54-55(53-62-56(59)50-47-44-41-38-21-18-15-12-9-6-3)64-58(61)52-49-46-43-40-37-35-32-25-23-20-17-14-11-8-5-2/h7,10,12,15-16,19,24-26,28-29,32,55H,4-6,8-9,11,13-14,17-18,20-23,27,30-31,33-54H2,1-3H3/b10-7-,15-12-,19-16-,26-24-,29-28-,32-25-. The molecule has 6 nitrogen and oxygen atoms in total. The molecule has 0 aliphatic rings. The molecule has 0 N–H and O–H groups in total. The van der Waals surface area contributed by atoms with Crippen LogP contribution in [0.4, 0.5) is 0 Å². The number of esters is 3. The van der Waals surface area contributed by atoms with Crippen molar-refractivity contribution in [2.24, 2.45) is 0 Å². The highest BCUT2D eigenvalue weighted by molar-refractivity contribution is 5.71. The maximum Gasteiger partial charge on any atom is 0.306 e. The highest BCUT2D eigenvalue weighted by atomic mass is 16.6. The molecule has 0 fully saturated rings. The lowest BCUT2D eigenvalue weighted by atomic mass is 10.1. The lowest BCUT2D eigenvalue weighted by Gasteiger charge is -2.18. The van der Waals surface area contributed by atoms with Crippen LogP contribution in [-0.2, 0) is 28.6 Å². The molecule has 0 spiro atoms. The summed E-state index contributed by atoms with van der Waals surface area (Å²) in [7, 11) is 0. The number of hydrogen-bond donors (Lipinski definition) is 0. The number of ether oxygens (including phenoxy) is 3. The fraction of sp³-hybridized carbons (Fsp3) is 0.741. The monoisotopic (exact) mass is 893 g/mol. The number of carbonyl (C=O) groups is 3. The van der Waals surface area contributed by atoms with Crippen LogP contribution in [0.5, 0.6) is 0 Å². The first kappa shape index (κ1) is 60.9. The van der Waals surface area contributed by atoms with Crippen molar-refractivity contribution >= 4 is 17.9 Å². The smallest absolute Gasteiger partial charge is 0.306 e. The Hall–Kier alpha value is -3.15. The quantitative estimate of drug-likeness (QED) is 0.0262. The number of rotatable bonds is 48. The van der Waals surface area contributed by atoms with Crippen LogP contribution in [0.1, 0.15) is 258 Å². The van der Waals surface area contributed by atoms with E-state index >= 15 is 0 Å². The molecule has 64 heavy (non-hydrogen) atoms. The lowest BCUT2D eigenvalue weighted by Crippen LogP contribution is -2.30. The molecule has 0 amide bonds. The van der Waals surface area contributed by atoms with Crippen molar-refractivity contribution in [3.05, 3.63) is 72.9 Å². The molecule has 0 saturated carbocycles. The van der Waals surface area contributed by atoms with E-state index < -0.39 is 6.10 Å². The van der Waals surface area contributed by atoms with E-state index in [-0.39, 0.29) is 31.1 Å². The van der Waals surface area contributed by atoms with Gasteiger partial charge in [-0.15, -0.1) is 0 Å². The third kappa shape index (κ3) is 49.9. The van der Waals surface area contributed by atoms with E-state index in [9.17, 15) is 14.4 Å². The Morgan fingerprint density at radius 2 is 0.641 bits per heavy atom. The number of allylic oxidation sites excluding steroid dienone is 12. The van der Waals surface area contributed by atoms with Crippen molar-refractivity contribution in [3.63, 3.8) is 0 Å². The minimum atomic E-state index is -0.785. The summed E-state index contributed by atoms with van der Waals surface area (Å²) in [6.45, 7) is 6.44. The van der Waals surface area contributed by atoms with Gasteiger partial charge in [-0.1, -0.05) is 209 Å². The van der Waals surface area contributed by atoms with Gasteiger partial charge in [0.2, 0.25) is 0 Å². The molecule has 0 aliphatic heterocycles. The molecular weight excluding hydrogens is 793 g/mol. The minimum Gasteiger partial charge on any atom is -0.462 e. The summed E-state index contributed by atoms with van der Waals surface area (Å²) in [5.41, 5.74) is 0. The van der Waals surface area contributed by atoms with Gasteiger partial charge < -0.3 is 14.2 Å². The zero-order chi connectivity index (χ0) is 46.5. The van der Waals surface area contributed by atoms with E-state index in [1.807, 2.05) is 0 Å². The van der Waals surface area contributed by atoms with Gasteiger partial charge in [-0.2, -0.15) is 0 Å². The number of hydrogen-bond acceptors (Lipinski definition) is 6. The van der Waals surface area contributed by atoms with Crippen LogP contribution in [0.2, 0.25) is 0 Å². The summed E-state index contributed by atoms with van der Waals surface area (Å²) in [5, 5.41) is 0. The second kappa shape index (κ2) is 52.5.